The van der Waals surface area contributed by atoms with E-state index in [-0.39, 0.29) is 23.8 Å². The van der Waals surface area contributed by atoms with E-state index in [0.29, 0.717) is 18.4 Å². The summed E-state index contributed by atoms with van der Waals surface area (Å²) in [5.74, 6) is -1.26. The molecule has 7 heteroatoms. The number of aliphatic carboxylic acids is 1. The molecular weight excluding hydrogens is 373 g/mol. The highest BCUT2D eigenvalue weighted by Crippen LogP contribution is 2.23. The Morgan fingerprint density at radius 2 is 1.93 bits per heavy atom. The quantitative estimate of drug-likeness (QED) is 0.671. The van der Waals surface area contributed by atoms with Crippen LogP contribution in [0.3, 0.4) is 0 Å². The predicted molar refractivity (Wildman–Crippen MR) is 100 cm³/mol. The molecule has 5 nitrogen and oxygen atoms in total. The number of carbonyl (C=O) groups is 2. The highest BCUT2D eigenvalue weighted by molar-refractivity contribution is 6.30. The molecule has 0 aliphatic heterocycles. The molecule has 0 saturated carbocycles. The van der Waals surface area contributed by atoms with Crippen LogP contribution in [0, 0.1) is 5.82 Å². The lowest BCUT2D eigenvalue weighted by Gasteiger charge is -2.18. The largest absolute Gasteiger partial charge is 0.497 e. The summed E-state index contributed by atoms with van der Waals surface area (Å²) in [7, 11) is 1.60. The zero-order chi connectivity index (χ0) is 19.8. The number of hydrogen-bond acceptors (Lipinski definition) is 3. The minimum atomic E-state index is -1.09. The topological polar surface area (TPSA) is 75.6 Å². The number of amides is 1. The fraction of sp³-hybridized carbons (Fsp3) is 0.300. The van der Waals surface area contributed by atoms with Crippen molar-refractivity contribution < 1.29 is 23.8 Å². The second kappa shape index (κ2) is 9.92. The Kier molecular flexibility index (Phi) is 7.61. The van der Waals surface area contributed by atoms with E-state index in [1.54, 1.807) is 7.11 Å². The zero-order valence-electron chi connectivity index (χ0n) is 14.9. The Labute approximate surface area is 162 Å². The highest BCUT2D eigenvalue weighted by atomic mass is 35.5. The first-order valence-corrected chi connectivity index (χ1v) is 8.86. The molecule has 0 aliphatic rings. The molecule has 2 N–H and O–H groups in total. The van der Waals surface area contributed by atoms with E-state index >= 15 is 0 Å². The molecule has 2 aromatic carbocycles. The average Bonchev–Trinajstić information content (AvgIpc) is 2.63. The van der Waals surface area contributed by atoms with Crippen LogP contribution < -0.4 is 10.1 Å². The van der Waals surface area contributed by atoms with Gasteiger partial charge in [-0.25, -0.2) is 4.39 Å². The number of ether oxygens (including phenoxy) is 1. The monoisotopic (exact) mass is 393 g/mol. The van der Waals surface area contributed by atoms with Crippen molar-refractivity contribution in [2.45, 2.75) is 31.7 Å². The smallest absolute Gasteiger partial charge is 0.305 e. The fourth-order valence-electron chi connectivity index (χ4n) is 2.67. The number of carbonyl (C=O) groups excluding carboxylic acids is 1. The molecule has 1 amide bonds. The van der Waals surface area contributed by atoms with Crippen molar-refractivity contribution in [3.05, 3.63) is 64.4 Å². The summed E-state index contributed by atoms with van der Waals surface area (Å²) in [5, 5.41) is 11.7. The van der Waals surface area contributed by atoms with Gasteiger partial charge in [0.05, 0.1) is 24.6 Å². The van der Waals surface area contributed by atoms with Gasteiger partial charge in [0.25, 0.3) is 0 Å². The molecule has 1 atom stereocenters. The summed E-state index contributed by atoms with van der Waals surface area (Å²) >= 11 is 5.66. The van der Waals surface area contributed by atoms with E-state index < -0.39 is 17.8 Å². The molecule has 0 heterocycles. The normalized spacial score (nSPS) is 11.7. The third-order valence-corrected chi connectivity index (χ3v) is 4.39. The third-order valence-electron chi connectivity index (χ3n) is 4.09. The van der Waals surface area contributed by atoms with Gasteiger partial charge in [-0.15, -0.1) is 0 Å². The molecule has 144 valence electrons. The van der Waals surface area contributed by atoms with Crippen LogP contribution in [0.5, 0.6) is 5.75 Å². The molecule has 0 fully saturated rings. The maximum Gasteiger partial charge on any atom is 0.305 e. The van der Waals surface area contributed by atoms with Gasteiger partial charge < -0.3 is 15.2 Å². The van der Waals surface area contributed by atoms with Crippen LogP contribution in [0.1, 0.15) is 36.4 Å². The lowest BCUT2D eigenvalue weighted by molar-refractivity contribution is -0.137. The molecule has 0 aliphatic carbocycles. The number of nitrogens with one attached hydrogen (secondary N) is 1. The lowest BCUT2D eigenvalue weighted by atomic mass is 10.0. The van der Waals surface area contributed by atoms with E-state index in [1.807, 2.05) is 24.3 Å². The van der Waals surface area contributed by atoms with Gasteiger partial charge in [0.15, 0.2) is 0 Å². The van der Waals surface area contributed by atoms with E-state index in [2.05, 4.69) is 5.32 Å². The Hall–Kier alpha value is -2.60. The molecule has 1 unspecified atom stereocenters. The summed E-state index contributed by atoms with van der Waals surface area (Å²) < 4.78 is 18.8. The third kappa shape index (κ3) is 6.57. The van der Waals surface area contributed by atoms with Gasteiger partial charge in [-0.2, -0.15) is 0 Å². The summed E-state index contributed by atoms with van der Waals surface area (Å²) in [6, 6.07) is 10.8. The number of rotatable bonds is 9. The maximum absolute atomic E-state index is 13.7. The van der Waals surface area contributed by atoms with Gasteiger partial charge in [0.2, 0.25) is 5.91 Å². The summed E-state index contributed by atoms with van der Waals surface area (Å²) in [4.78, 5) is 23.3. The Bertz CT molecular complexity index is 795. The molecule has 0 saturated heterocycles. The number of carboxylic acid groups (broad SMARTS) is 1. The molecule has 0 bridgehead atoms. The molecule has 2 aromatic rings. The van der Waals surface area contributed by atoms with Crippen LogP contribution >= 0.6 is 11.6 Å². The SMILES string of the molecule is COc1ccc(CCCC(=O)NC(CC(=O)O)c2ccc(Cl)c(F)c2)cc1. The zero-order valence-corrected chi connectivity index (χ0v) is 15.6. The summed E-state index contributed by atoms with van der Waals surface area (Å²) in [5.41, 5.74) is 1.44. The number of hydrogen-bond donors (Lipinski definition) is 2. The van der Waals surface area contributed by atoms with E-state index in [9.17, 15) is 14.0 Å². The predicted octanol–water partition coefficient (Wildman–Crippen LogP) is 4.14. The first kappa shape index (κ1) is 20.7. The molecule has 0 spiro atoms. The molecule has 0 aromatic heterocycles. The van der Waals surface area contributed by atoms with Crippen molar-refractivity contribution in [1.82, 2.24) is 5.32 Å². The van der Waals surface area contributed by atoms with E-state index in [1.165, 1.54) is 12.1 Å². The number of carboxylic acids is 1. The fourth-order valence-corrected chi connectivity index (χ4v) is 2.79. The van der Waals surface area contributed by atoms with Gasteiger partial charge in [0, 0.05) is 6.42 Å². The highest BCUT2D eigenvalue weighted by Gasteiger charge is 2.19. The van der Waals surface area contributed by atoms with Crippen molar-refractivity contribution >= 4 is 23.5 Å². The average molecular weight is 394 g/mol. The minimum absolute atomic E-state index is 0.0568. The maximum atomic E-state index is 13.7. The standard InChI is InChI=1S/C20H21ClFNO4/c1-27-15-8-5-13(6-9-15)3-2-4-19(24)23-18(12-20(25)26)14-7-10-16(21)17(22)11-14/h5-11,18H,2-4,12H2,1H3,(H,23,24)(H,25,26). The van der Waals surface area contributed by atoms with Gasteiger partial charge in [-0.3, -0.25) is 9.59 Å². The first-order chi connectivity index (χ1) is 12.9. The number of methoxy groups -OCH3 is 1. The Morgan fingerprint density at radius 1 is 1.22 bits per heavy atom. The molecular formula is C20H21ClFNO4. The Balaban J connectivity index is 1.92. The van der Waals surface area contributed by atoms with Crippen molar-refractivity contribution in [2.24, 2.45) is 0 Å². The number of benzene rings is 2. The molecule has 0 radical (unpaired) electrons. The van der Waals surface area contributed by atoms with Crippen LogP contribution in [-0.4, -0.2) is 24.1 Å². The van der Waals surface area contributed by atoms with Crippen molar-refractivity contribution in [3.63, 3.8) is 0 Å². The van der Waals surface area contributed by atoms with Crippen LogP contribution in [0.4, 0.5) is 4.39 Å². The van der Waals surface area contributed by atoms with E-state index in [0.717, 1.165) is 17.4 Å². The number of aryl methyl sites for hydroxylation is 1. The van der Waals surface area contributed by atoms with Gasteiger partial charge >= 0.3 is 5.97 Å². The van der Waals surface area contributed by atoms with Crippen molar-refractivity contribution in [2.75, 3.05) is 7.11 Å². The van der Waals surface area contributed by atoms with Crippen molar-refractivity contribution in [3.8, 4) is 5.75 Å². The second-order valence-corrected chi connectivity index (χ2v) is 6.50. The van der Waals surface area contributed by atoms with Crippen molar-refractivity contribution in [1.29, 1.82) is 0 Å². The van der Waals surface area contributed by atoms with Crippen LogP contribution in [0.15, 0.2) is 42.5 Å². The van der Waals surface area contributed by atoms with Gasteiger partial charge in [0.1, 0.15) is 11.6 Å². The van der Waals surface area contributed by atoms with Gasteiger partial charge in [-0.1, -0.05) is 29.8 Å². The summed E-state index contributed by atoms with van der Waals surface area (Å²) in [6.07, 6.45) is 1.20. The second-order valence-electron chi connectivity index (χ2n) is 6.09. The van der Waals surface area contributed by atoms with Crippen LogP contribution in [-0.2, 0) is 16.0 Å². The molecule has 2 rings (SSSR count). The molecule has 27 heavy (non-hydrogen) atoms. The summed E-state index contributed by atoms with van der Waals surface area (Å²) in [6.45, 7) is 0. The van der Waals surface area contributed by atoms with Crippen LogP contribution in [0.2, 0.25) is 5.02 Å². The van der Waals surface area contributed by atoms with Gasteiger partial charge in [-0.05, 0) is 48.2 Å². The lowest BCUT2D eigenvalue weighted by Crippen LogP contribution is -2.30. The Morgan fingerprint density at radius 3 is 2.52 bits per heavy atom. The van der Waals surface area contributed by atoms with E-state index in [4.69, 9.17) is 21.4 Å². The van der Waals surface area contributed by atoms with Crippen LogP contribution in [0.25, 0.3) is 0 Å². The first-order valence-electron chi connectivity index (χ1n) is 8.48. The number of halogens is 2. The minimum Gasteiger partial charge on any atom is -0.497 e.